The molecule has 0 bridgehead atoms. The molecule has 1 aliphatic rings. The Morgan fingerprint density at radius 3 is 2.58 bits per heavy atom. The maximum atomic E-state index is 13.1. The summed E-state index contributed by atoms with van der Waals surface area (Å²) in [6.07, 6.45) is 6.60. The van der Waals surface area contributed by atoms with Gasteiger partial charge in [0.2, 0.25) is 11.7 Å². The number of aromatic nitrogens is 2. The van der Waals surface area contributed by atoms with Gasteiger partial charge >= 0.3 is 0 Å². The Kier molecular flexibility index (Phi) is 5.73. The zero-order valence-corrected chi connectivity index (χ0v) is 17.8. The first-order valence-corrected chi connectivity index (χ1v) is 10.7. The summed E-state index contributed by atoms with van der Waals surface area (Å²) >= 11 is 0. The summed E-state index contributed by atoms with van der Waals surface area (Å²) in [6.45, 7) is 1.92. The number of amides is 2. The predicted octanol–water partition coefficient (Wildman–Crippen LogP) is 3.74. The van der Waals surface area contributed by atoms with Gasteiger partial charge in [-0.2, -0.15) is 5.10 Å². The molecule has 8 heteroatoms. The van der Waals surface area contributed by atoms with Crippen LogP contribution in [0.3, 0.4) is 0 Å². The second-order valence-corrected chi connectivity index (χ2v) is 7.58. The van der Waals surface area contributed by atoms with Crippen LogP contribution < -0.4 is 5.32 Å². The molecule has 0 spiro atoms. The van der Waals surface area contributed by atoms with Crippen LogP contribution in [-0.4, -0.2) is 52.8 Å². The highest BCUT2D eigenvalue weighted by molar-refractivity contribution is 6.13. The molecule has 2 amide bonds. The lowest BCUT2D eigenvalue weighted by molar-refractivity contribution is -0.111. The van der Waals surface area contributed by atoms with Crippen molar-refractivity contribution < 1.29 is 18.7 Å². The van der Waals surface area contributed by atoms with E-state index in [1.165, 1.54) is 6.08 Å². The number of carbonyl (C=O) groups is 2. The summed E-state index contributed by atoms with van der Waals surface area (Å²) in [7, 11) is 0. The molecule has 1 N–H and O–H groups in total. The number of benzene rings is 2. The van der Waals surface area contributed by atoms with Crippen molar-refractivity contribution in [2.24, 2.45) is 0 Å². The Morgan fingerprint density at radius 1 is 1.00 bits per heavy atom. The Labute approximate surface area is 190 Å². The normalized spacial score (nSPS) is 14.1. The quantitative estimate of drug-likeness (QED) is 0.476. The van der Waals surface area contributed by atoms with E-state index in [1.807, 2.05) is 54.7 Å². The molecular formula is C25H22N4O4. The molecule has 8 nitrogen and oxygen atoms in total. The molecule has 0 aliphatic carbocycles. The number of rotatable bonds is 5. The van der Waals surface area contributed by atoms with E-state index >= 15 is 0 Å². The molecule has 1 fully saturated rings. The topological polar surface area (TPSA) is 89.6 Å². The predicted molar refractivity (Wildman–Crippen MR) is 124 cm³/mol. The number of nitrogens with one attached hydrogen (secondary N) is 1. The van der Waals surface area contributed by atoms with Crippen LogP contribution in [-0.2, 0) is 9.53 Å². The molecule has 0 atom stereocenters. The van der Waals surface area contributed by atoms with Gasteiger partial charge in [0.25, 0.3) is 5.91 Å². The van der Waals surface area contributed by atoms with Crippen LogP contribution in [0.2, 0.25) is 0 Å². The van der Waals surface area contributed by atoms with Gasteiger partial charge in [0.1, 0.15) is 11.3 Å². The van der Waals surface area contributed by atoms with Crippen molar-refractivity contribution in [3.8, 4) is 5.69 Å². The van der Waals surface area contributed by atoms with Crippen molar-refractivity contribution in [2.75, 3.05) is 31.6 Å². The summed E-state index contributed by atoms with van der Waals surface area (Å²) < 4.78 is 12.9. The van der Waals surface area contributed by atoms with Crippen molar-refractivity contribution >= 4 is 34.5 Å². The summed E-state index contributed by atoms with van der Waals surface area (Å²) in [5.41, 5.74) is 2.61. The number of ether oxygens (including phenoxy) is 1. The zero-order chi connectivity index (χ0) is 22.6. The number of morpholine rings is 1. The second kappa shape index (κ2) is 9.13. The Balaban J connectivity index is 1.37. The zero-order valence-electron chi connectivity index (χ0n) is 17.8. The monoisotopic (exact) mass is 442 g/mol. The Hall–Kier alpha value is -4.17. The number of furan rings is 1. The van der Waals surface area contributed by atoms with Gasteiger partial charge in [-0.15, -0.1) is 0 Å². The highest BCUT2D eigenvalue weighted by atomic mass is 16.5. The lowest BCUT2D eigenvalue weighted by atomic mass is 10.2. The summed E-state index contributed by atoms with van der Waals surface area (Å²) in [4.78, 5) is 27.5. The maximum Gasteiger partial charge on any atom is 0.291 e. The Morgan fingerprint density at radius 2 is 1.76 bits per heavy atom. The molecule has 1 aliphatic heterocycles. The third-order valence-corrected chi connectivity index (χ3v) is 5.39. The molecule has 5 rings (SSSR count). The molecule has 33 heavy (non-hydrogen) atoms. The van der Waals surface area contributed by atoms with Gasteiger partial charge in [-0.25, -0.2) is 4.68 Å². The largest absolute Gasteiger partial charge is 0.449 e. The number of fused-ring (bicyclic) bond motifs is 1. The van der Waals surface area contributed by atoms with Crippen molar-refractivity contribution in [3.63, 3.8) is 0 Å². The van der Waals surface area contributed by atoms with Crippen LogP contribution in [0.4, 0.5) is 5.69 Å². The highest BCUT2D eigenvalue weighted by Crippen LogP contribution is 2.32. The summed E-state index contributed by atoms with van der Waals surface area (Å²) in [5.74, 6) is -0.514. The van der Waals surface area contributed by atoms with E-state index in [9.17, 15) is 9.59 Å². The van der Waals surface area contributed by atoms with Crippen LogP contribution in [0.25, 0.3) is 22.7 Å². The fraction of sp³-hybridized carbons (Fsp3) is 0.160. The van der Waals surface area contributed by atoms with Gasteiger partial charge in [-0.05, 0) is 30.3 Å². The van der Waals surface area contributed by atoms with Gasteiger partial charge in [0.15, 0.2) is 0 Å². The van der Waals surface area contributed by atoms with Crippen molar-refractivity contribution in [1.82, 2.24) is 14.7 Å². The average Bonchev–Trinajstić information content (AvgIpc) is 3.49. The summed E-state index contributed by atoms with van der Waals surface area (Å²) in [5, 5.41) is 7.84. The molecule has 2 aromatic heterocycles. The first-order chi connectivity index (χ1) is 16.2. The number of hydrogen-bond acceptors (Lipinski definition) is 5. The molecule has 0 saturated carbocycles. The first kappa shape index (κ1) is 20.7. The third-order valence-electron chi connectivity index (χ3n) is 5.39. The van der Waals surface area contributed by atoms with Crippen LogP contribution >= 0.6 is 0 Å². The van der Waals surface area contributed by atoms with Gasteiger partial charge in [0.05, 0.1) is 25.1 Å². The average molecular weight is 442 g/mol. The molecule has 1 saturated heterocycles. The van der Waals surface area contributed by atoms with Gasteiger partial charge in [0, 0.05) is 36.3 Å². The second-order valence-electron chi connectivity index (χ2n) is 7.58. The fourth-order valence-electron chi connectivity index (χ4n) is 3.71. The van der Waals surface area contributed by atoms with E-state index in [4.69, 9.17) is 9.15 Å². The van der Waals surface area contributed by atoms with Crippen molar-refractivity contribution in [1.29, 1.82) is 0 Å². The van der Waals surface area contributed by atoms with E-state index in [2.05, 4.69) is 10.4 Å². The Bertz CT molecular complexity index is 1320. The van der Waals surface area contributed by atoms with Crippen molar-refractivity contribution in [3.05, 3.63) is 84.4 Å². The van der Waals surface area contributed by atoms with Crippen LogP contribution in [0.5, 0.6) is 0 Å². The van der Waals surface area contributed by atoms with E-state index in [0.29, 0.717) is 43.0 Å². The minimum atomic E-state index is -0.370. The minimum Gasteiger partial charge on any atom is -0.449 e. The number of carbonyl (C=O) groups excluding carboxylic acids is 2. The van der Waals surface area contributed by atoms with E-state index in [0.717, 1.165) is 11.3 Å². The van der Waals surface area contributed by atoms with Crippen LogP contribution in [0.15, 0.2) is 77.5 Å². The molecule has 0 radical (unpaired) electrons. The van der Waals surface area contributed by atoms with Crippen LogP contribution in [0.1, 0.15) is 16.1 Å². The molecule has 0 unspecified atom stereocenters. The summed E-state index contributed by atoms with van der Waals surface area (Å²) in [6, 6.07) is 17.0. The molecule has 2 aromatic carbocycles. The standard InChI is InChI=1S/C25H22N4O4/c30-22(11-10-18-16-26-29(17-18)19-6-2-1-3-7-19)27-23-20-8-4-5-9-21(20)33-24(23)25(31)28-12-14-32-15-13-28/h1-11,16-17H,12-15H2,(H,27,30)/b11-10+. The maximum absolute atomic E-state index is 13.1. The fourth-order valence-corrected chi connectivity index (χ4v) is 3.71. The van der Waals surface area contributed by atoms with Crippen LogP contribution in [0, 0.1) is 0 Å². The SMILES string of the molecule is O=C(/C=C/c1cnn(-c2ccccc2)c1)Nc1c(C(=O)N2CCOCC2)oc2ccccc12. The molecule has 4 aromatic rings. The number of nitrogens with zero attached hydrogens (tertiary/aromatic N) is 3. The number of para-hydroxylation sites is 2. The van der Waals surface area contributed by atoms with Crippen molar-refractivity contribution in [2.45, 2.75) is 0 Å². The highest BCUT2D eigenvalue weighted by Gasteiger charge is 2.27. The van der Waals surface area contributed by atoms with Gasteiger partial charge in [-0.1, -0.05) is 30.3 Å². The molecular weight excluding hydrogens is 420 g/mol. The third kappa shape index (κ3) is 4.42. The van der Waals surface area contributed by atoms with E-state index in [1.54, 1.807) is 27.9 Å². The number of hydrogen-bond donors (Lipinski definition) is 1. The number of anilines is 1. The molecule has 166 valence electrons. The smallest absolute Gasteiger partial charge is 0.291 e. The lowest BCUT2D eigenvalue weighted by Crippen LogP contribution is -2.40. The minimum absolute atomic E-state index is 0.122. The van der Waals surface area contributed by atoms with Gasteiger partial charge < -0.3 is 19.4 Å². The van der Waals surface area contributed by atoms with Gasteiger partial charge in [-0.3, -0.25) is 9.59 Å². The lowest BCUT2D eigenvalue weighted by Gasteiger charge is -2.26. The van der Waals surface area contributed by atoms with E-state index in [-0.39, 0.29) is 17.6 Å². The van der Waals surface area contributed by atoms with E-state index < -0.39 is 0 Å². The molecule has 3 heterocycles. The first-order valence-electron chi connectivity index (χ1n) is 10.7.